The van der Waals surface area contributed by atoms with Gasteiger partial charge in [-0.05, 0) is 57.5 Å². The molecule has 4 heterocycles. The molecule has 5 rings (SSSR count). The molecule has 0 saturated carbocycles. The minimum atomic E-state index is -1.18. The number of fused-ring (bicyclic) bond motifs is 2. The number of aromatic nitrogens is 2. The first-order valence-corrected chi connectivity index (χ1v) is 14.4. The van der Waals surface area contributed by atoms with Crippen LogP contribution in [0.1, 0.15) is 32.8 Å². The second-order valence-corrected chi connectivity index (χ2v) is 11.2. The second kappa shape index (κ2) is 14.9. The molecule has 0 spiro atoms. The van der Waals surface area contributed by atoms with Crippen molar-refractivity contribution >= 4 is 59.0 Å². The summed E-state index contributed by atoms with van der Waals surface area (Å²) in [5, 5.41) is 0.750. The summed E-state index contributed by atoms with van der Waals surface area (Å²) in [6, 6.07) is 10.6. The summed E-state index contributed by atoms with van der Waals surface area (Å²) in [5.74, 6) is -0.330. The fraction of sp³-hybridized carbons (Fsp3) is 0.375. The lowest BCUT2D eigenvalue weighted by molar-refractivity contribution is -0.137. The Hall–Kier alpha value is -3.93. The van der Waals surface area contributed by atoms with Gasteiger partial charge in [0.25, 0.3) is 5.56 Å². The average molecular weight is 663 g/mol. The summed E-state index contributed by atoms with van der Waals surface area (Å²) < 4.78 is 27.5. The normalized spacial score (nSPS) is 14.2. The van der Waals surface area contributed by atoms with Gasteiger partial charge in [0, 0.05) is 69.2 Å². The van der Waals surface area contributed by atoms with Crippen molar-refractivity contribution in [3.05, 3.63) is 83.0 Å². The summed E-state index contributed by atoms with van der Waals surface area (Å²) in [6.07, 6.45) is 6.61. The number of amides is 2. The van der Waals surface area contributed by atoms with Crippen molar-refractivity contribution in [3.8, 4) is 5.75 Å². The third-order valence-electron chi connectivity index (χ3n) is 7.91. The molecule has 1 aliphatic heterocycles. The van der Waals surface area contributed by atoms with E-state index in [4.69, 9.17) is 9.15 Å². The van der Waals surface area contributed by atoms with Crippen LogP contribution < -0.4 is 20.1 Å². The Balaban J connectivity index is 0.00000276. The fourth-order valence-electron chi connectivity index (χ4n) is 5.41. The number of hydrogen-bond donors (Lipinski definition) is 0. The van der Waals surface area contributed by atoms with Gasteiger partial charge in [0.1, 0.15) is 17.0 Å². The lowest BCUT2D eigenvalue weighted by Gasteiger charge is -2.27. The molecule has 0 atom stereocenters. The zero-order valence-electron chi connectivity index (χ0n) is 25.7. The Labute approximate surface area is 273 Å². The first-order chi connectivity index (χ1) is 20.6. The third-order valence-corrected chi connectivity index (χ3v) is 7.91. The van der Waals surface area contributed by atoms with Gasteiger partial charge >= 0.3 is 0 Å². The molecule has 45 heavy (non-hydrogen) atoms. The van der Waals surface area contributed by atoms with Crippen LogP contribution in [0.5, 0.6) is 5.75 Å². The van der Waals surface area contributed by atoms with E-state index >= 15 is 0 Å². The molecule has 4 aromatic rings. The molecule has 3 aromatic heterocycles. The van der Waals surface area contributed by atoms with Gasteiger partial charge in [-0.1, -0.05) is 0 Å². The van der Waals surface area contributed by atoms with Crippen molar-refractivity contribution in [2.24, 2.45) is 5.41 Å². The fourth-order valence-corrected chi connectivity index (χ4v) is 5.41. The maximum Gasteiger partial charge on any atom is 0.294 e. The summed E-state index contributed by atoms with van der Waals surface area (Å²) in [6.45, 7) is 7.80. The topological polar surface area (TPSA) is 101 Å². The van der Waals surface area contributed by atoms with Gasteiger partial charge < -0.3 is 23.5 Å². The van der Waals surface area contributed by atoms with E-state index in [1.807, 2.05) is 19.1 Å². The Kier molecular flexibility index (Phi) is 11.8. The highest BCUT2D eigenvalue weighted by molar-refractivity contribution is 6.20. The highest BCUT2D eigenvalue weighted by atomic mass is 35.5. The van der Waals surface area contributed by atoms with E-state index in [2.05, 4.69) is 9.88 Å². The minimum absolute atomic E-state index is 0. The lowest BCUT2D eigenvalue weighted by atomic mass is 9.90. The van der Waals surface area contributed by atoms with Crippen LogP contribution in [0.3, 0.4) is 0 Å². The number of rotatable bonds is 11. The molecule has 242 valence electrons. The van der Waals surface area contributed by atoms with Gasteiger partial charge in [0.05, 0.1) is 30.4 Å². The SMILES string of the molecule is CCN1C(=O)C(C)(C)C(=O)N(C)c2cc(OCCCN(CCn3ccc4ccoc4c3=O)Cc3ccncc3F)ccc21.Cl.Cl. The van der Waals surface area contributed by atoms with Gasteiger partial charge in [0.2, 0.25) is 11.8 Å². The first kappa shape index (κ1) is 35.5. The number of carbonyl (C=O) groups excluding carboxylic acids is 2. The molecule has 0 radical (unpaired) electrons. The predicted molar refractivity (Wildman–Crippen MR) is 176 cm³/mol. The molecular formula is C32H38Cl2FN5O5. The van der Waals surface area contributed by atoms with Gasteiger partial charge in [-0.25, -0.2) is 4.39 Å². The summed E-state index contributed by atoms with van der Waals surface area (Å²) in [5.41, 5.74) is 0.704. The Morgan fingerprint density at radius 2 is 1.80 bits per heavy atom. The largest absolute Gasteiger partial charge is 0.493 e. The third kappa shape index (κ3) is 7.32. The van der Waals surface area contributed by atoms with Crippen LogP contribution >= 0.6 is 24.8 Å². The van der Waals surface area contributed by atoms with Crippen molar-refractivity contribution in [1.29, 1.82) is 0 Å². The Morgan fingerprint density at radius 1 is 1.02 bits per heavy atom. The molecule has 1 aliphatic rings. The number of hydrogen-bond acceptors (Lipinski definition) is 7. The van der Waals surface area contributed by atoms with Gasteiger partial charge in [-0.2, -0.15) is 0 Å². The number of benzene rings is 1. The Bertz CT molecular complexity index is 1710. The van der Waals surface area contributed by atoms with E-state index in [1.54, 1.807) is 67.0 Å². The predicted octanol–water partition coefficient (Wildman–Crippen LogP) is 5.30. The smallest absolute Gasteiger partial charge is 0.294 e. The minimum Gasteiger partial charge on any atom is -0.493 e. The van der Waals surface area contributed by atoms with Crippen molar-refractivity contribution in [1.82, 2.24) is 14.5 Å². The number of ether oxygens (including phenoxy) is 1. The van der Waals surface area contributed by atoms with E-state index in [0.29, 0.717) is 74.0 Å². The number of carbonyl (C=O) groups is 2. The van der Waals surface area contributed by atoms with E-state index in [1.165, 1.54) is 17.4 Å². The standard InChI is InChI=1S/C32H36FN5O5.2ClH/c1-5-38-26-8-7-24(19-27(26)35(4)30(40)32(2,3)31(38)41)42-17-6-13-36(21-23-9-12-34-20-25(23)33)15-16-37-14-10-22-11-18-43-28(22)29(37)39;;/h7-12,14,18-20H,5-6,13,15-17,21H2,1-4H3;2*1H. The quantitative estimate of drug-likeness (QED) is 0.159. The van der Waals surface area contributed by atoms with Gasteiger partial charge in [0.15, 0.2) is 5.58 Å². The van der Waals surface area contributed by atoms with Crippen molar-refractivity contribution in [3.63, 3.8) is 0 Å². The van der Waals surface area contributed by atoms with Crippen LogP contribution in [0.25, 0.3) is 11.0 Å². The molecule has 13 heteroatoms. The summed E-state index contributed by atoms with van der Waals surface area (Å²) >= 11 is 0. The Morgan fingerprint density at radius 3 is 2.53 bits per heavy atom. The summed E-state index contributed by atoms with van der Waals surface area (Å²) in [4.78, 5) is 48.1. The molecule has 0 fully saturated rings. The van der Waals surface area contributed by atoms with E-state index < -0.39 is 5.41 Å². The van der Waals surface area contributed by atoms with Gasteiger partial charge in [-0.15, -0.1) is 24.8 Å². The van der Waals surface area contributed by atoms with E-state index in [9.17, 15) is 18.8 Å². The van der Waals surface area contributed by atoms with Gasteiger partial charge in [-0.3, -0.25) is 24.3 Å². The molecule has 0 bridgehead atoms. The molecule has 0 unspecified atom stereocenters. The maximum absolute atomic E-state index is 14.4. The van der Waals surface area contributed by atoms with E-state index in [0.717, 1.165) is 5.39 Å². The highest BCUT2D eigenvalue weighted by Crippen LogP contribution is 2.40. The molecule has 0 saturated heterocycles. The number of halogens is 3. The van der Waals surface area contributed by atoms with Crippen LogP contribution in [-0.4, -0.2) is 59.6 Å². The number of nitrogens with zero attached hydrogens (tertiary/aromatic N) is 5. The lowest BCUT2D eigenvalue weighted by Crippen LogP contribution is -2.47. The molecule has 2 amide bonds. The molecule has 1 aromatic carbocycles. The van der Waals surface area contributed by atoms with Crippen LogP contribution in [0, 0.1) is 11.2 Å². The van der Waals surface area contributed by atoms with Crippen LogP contribution in [0.2, 0.25) is 0 Å². The zero-order valence-corrected chi connectivity index (χ0v) is 27.3. The maximum atomic E-state index is 14.4. The van der Waals surface area contributed by atoms with Crippen LogP contribution in [-0.2, 0) is 22.7 Å². The number of furan rings is 1. The number of pyridine rings is 2. The monoisotopic (exact) mass is 661 g/mol. The van der Waals surface area contributed by atoms with Crippen LogP contribution in [0.4, 0.5) is 15.8 Å². The van der Waals surface area contributed by atoms with E-state index in [-0.39, 0.29) is 48.0 Å². The zero-order chi connectivity index (χ0) is 30.7. The van der Waals surface area contributed by atoms with Crippen molar-refractivity contribution in [2.45, 2.75) is 40.3 Å². The van der Waals surface area contributed by atoms with Crippen molar-refractivity contribution in [2.75, 3.05) is 43.1 Å². The first-order valence-electron chi connectivity index (χ1n) is 14.4. The molecular weight excluding hydrogens is 624 g/mol. The number of anilines is 2. The molecule has 0 aliphatic carbocycles. The summed E-state index contributed by atoms with van der Waals surface area (Å²) in [7, 11) is 1.67. The average Bonchev–Trinajstić information content (AvgIpc) is 3.48. The van der Waals surface area contributed by atoms with Crippen LogP contribution in [0.15, 0.2) is 70.5 Å². The molecule has 0 N–H and O–H groups in total. The van der Waals surface area contributed by atoms with Crippen molar-refractivity contribution < 1.29 is 23.1 Å². The molecule has 10 nitrogen and oxygen atoms in total. The second-order valence-electron chi connectivity index (χ2n) is 11.2. The highest BCUT2D eigenvalue weighted by Gasteiger charge is 2.45.